The zero-order chi connectivity index (χ0) is 11.7. The number of hydrogen-bond acceptors (Lipinski definition) is 3. The van der Waals surface area contributed by atoms with Crippen LogP contribution in [0.4, 0.5) is 0 Å². The average molecular weight is 235 g/mol. The lowest BCUT2D eigenvalue weighted by atomic mass is 10.0. The van der Waals surface area contributed by atoms with Gasteiger partial charge in [-0.25, -0.2) is 4.98 Å². The van der Waals surface area contributed by atoms with Gasteiger partial charge in [-0.2, -0.15) is 0 Å². The average Bonchev–Trinajstić information content (AvgIpc) is 2.99. The molecule has 0 amide bonds. The molecule has 3 rings (SSSR count). The van der Waals surface area contributed by atoms with Crippen molar-refractivity contribution < 1.29 is 5.11 Å². The highest BCUT2D eigenvalue weighted by Gasteiger charge is 2.26. The Balaban J connectivity index is 1.56. The van der Waals surface area contributed by atoms with Crippen LogP contribution in [0.25, 0.3) is 0 Å². The Kier molecular flexibility index (Phi) is 3.16. The van der Waals surface area contributed by atoms with Crippen molar-refractivity contribution in [2.45, 2.75) is 44.9 Å². The Morgan fingerprint density at radius 3 is 3.00 bits per heavy atom. The molecule has 0 bridgehead atoms. The standard InChI is InChI=1S/C13H21N3O/c17-12(11-3-1-2-4-11)9-15-7-8-16-6-5-14-13(16)10-15/h5-6,11-12,17H,1-4,7-10H2. The van der Waals surface area contributed by atoms with Crippen molar-refractivity contribution in [2.75, 3.05) is 13.1 Å². The largest absolute Gasteiger partial charge is 0.392 e. The SMILES string of the molecule is OC(CN1CCn2ccnc2C1)C1CCCC1. The van der Waals surface area contributed by atoms with E-state index >= 15 is 0 Å². The second-order valence-corrected chi connectivity index (χ2v) is 5.38. The zero-order valence-electron chi connectivity index (χ0n) is 10.3. The van der Waals surface area contributed by atoms with Crippen molar-refractivity contribution in [3.63, 3.8) is 0 Å². The maximum absolute atomic E-state index is 10.2. The van der Waals surface area contributed by atoms with Gasteiger partial charge in [0.1, 0.15) is 5.82 Å². The van der Waals surface area contributed by atoms with Gasteiger partial charge in [-0.1, -0.05) is 12.8 Å². The summed E-state index contributed by atoms with van der Waals surface area (Å²) >= 11 is 0. The third kappa shape index (κ3) is 2.38. The van der Waals surface area contributed by atoms with Gasteiger partial charge in [-0.15, -0.1) is 0 Å². The number of rotatable bonds is 3. The predicted molar refractivity (Wildman–Crippen MR) is 65.5 cm³/mol. The number of β-amino-alcohol motifs (C(OH)–C–C–N with tert-alkyl or cyclic N) is 1. The molecule has 0 spiro atoms. The monoisotopic (exact) mass is 235 g/mol. The molecule has 1 N–H and O–H groups in total. The van der Waals surface area contributed by atoms with Gasteiger partial charge in [-0.05, 0) is 18.8 Å². The molecule has 1 atom stereocenters. The summed E-state index contributed by atoms with van der Waals surface area (Å²) < 4.78 is 2.21. The van der Waals surface area contributed by atoms with Crippen LogP contribution in [0, 0.1) is 5.92 Å². The number of hydrogen-bond donors (Lipinski definition) is 1. The number of nitrogens with zero attached hydrogens (tertiary/aromatic N) is 3. The Morgan fingerprint density at radius 1 is 1.35 bits per heavy atom. The van der Waals surface area contributed by atoms with Crippen molar-refractivity contribution >= 4 is 0 Å². The predicted octanol–water partition coefficient (Wildman–Crippen LogP) is 1.25. The van der Waals surface area contributed by atoms with Crippen LogP contribution in [0.5, 0.6) is 0 Å². The fraction of sp³-hybridized carbons (Fsp3) is 0.769. The third-order valence-corrected chi connectivity index (χ3v) is 4.21. The maximum Gasteiger partial charge on any atom is 0.122 e. The number of aliphatic hydroxyl groups excluding tert-OH is 1. The van der Waals surface area contributed by atoms with E-state index in [1.807, 2.05) is 12.4 Å². The van der Waals surface area contributed by atoms with Gasteiger partial charge < -0.3 is 9.67 Å². The van der Waals surface area contributed by atoms with Gasteiger partial charge in [0.25, 0.3) is 0 Å². The van der Waals surface area contributed by atoms with E-state index < -0.39 is 0 Å². The molecule has 94 valence electrons. The second-order valence-electron chi connectivity index (χ2n) is 5.38. The lowest BCUT2D eigenvalue weighted by Crippen LogP contribution is -2.40. The number of fused-ring (bicyclic) bond motifs is 1. The van der Waals surface area contributed by atoms with Crippen LogP contribution in [-0.2, 0) is 13.1 Å². The molecule has 1 fully saturated rings. The van der Waals surface area contributed by atoms with Crippen LogP contribution in [0.2, 0.25) is 0 Å². The molecule has 1 aromatic rings. The van der Waals surface area contributed by atoms with Crippen molar-refractivity contribution in [1.82, 2.24) is 14.5 Å². The zero-order valence-corrected chi connectivity index (χ0v) is 10.3. The molecule has 4 nitrogen and oxygen atoms in total. The van der Waals surface area contributed by atoms with E-state index in [1.165, 1.54) is 25.7 Å². The second kappa shape index (κ2) is 4.78. The molecule has 1 aliphatic heterocycles. The van der Waals surface area contributed by atoms with E-state index in [-0.39, 0.29) is 6.10 Å². The van der Waals surface area contributed by atoms with Crippen molar-refractivity contribution in [3.8, 4) is 0 Å². The topological polar surface area (TPSA) is 41.3 Å². The van der Waals surface area contributed by atoms with Crippen LogP contribution in [0.3, 0.4) is 0 Å². The fourth-order valence-electron chi connectivity index (χ4n) is 3.14. The summed E-state index contributed by atoms with van der Waals surface area (Å²) in [5.74, 6) is 1.67. The minimum atomic E-state index is -0.140. The Morgan fingerprint density at radius 2 is 2.18 bits per heavy atom. The van der Waals surface area contributed by atoms with Gasteiger partial charge in [0.05, 0.1) is 12.6 Å². The molecule has 0 radical (unpaired) electrons. The van der Waals surface area contributed by atoms with Crippen molar-refractivity contribution in [3.05, 3.63) is 18.2 Å². The summed E-state index contributed by atoms with van der Waals surface area (Å²) in [6.07, 6.45) is 8.79. The lowest BCUT2D eigenvalue weighted by Gasteiger charge is -2.31. The lowest BCUT2D eigenvalue weighted by molar-refractivity contribution is 0.0550. The fourth-order valence-corrected chi connectivity index (χ4v) is 3.14. The van der Waals surface area contributed by atoms with Crippen LogP contribution in [-0.4, -0.2) is 38.8 Å². The molecule has 1 saturated carbocycles. The van der Waals surface area contributed by atoms with E-state index in [9.17, 15) is 5.11 Å². The number of imidazole rings is 1. The van der Waals surface area contributed by atoms with Gasteiger partial charge in [0.2, 0.25) is 0 Å². The first-order valence-corrected chi connectivity index (χ1v) is 6.73. The molecule has 4 heteroatoms. The Labute approximate surface area is 102 Å². The van der Waals surface area contributed by atoms with E-state index in [0.717, 1.165) is 32.0 Å². The van der Waals surface area contributed by atoms with Crippen LogP contribution in [0.1, 0.15) is 31.5 Å². The summed E-state index contributed by atoms with van der Waals surface area (Å²) in [5.41, 5.74) is 0. The van der Waals surface area contributed by atoms with Crippen LogP contribution < -0.4 is 0 Å². The van der Waals surface area contributed by atoms with Crippen LogP contribution >= 0.6 is 0 Å². The normalized spacial score (nSPS) is 23.8. The summed E-state index contributed by atoms with van der Waals surface area (Å²) in [4.78, 5) is 6.69. The van der Waals surface area contributed by atoms with Gasteiger partial charge >= 0.3 is 0 Å². The summed E-state index contributed by atoms with van der Waals surface area (Å²) in [5, 5.41) is 10.2. The molecule has 1 aliphatic carbocycles. The minimum Gasteiger partial charge on any atom is -0.392 e. The molecular formula is C13H21N3O. The molecule has 0 saturated heterocycles. The Hall–Kier alpha value is -0.870. The molecular weight excluding hydrogens is 214 g/mol. The van der Waals surface area contributed by atoms with Gasteiger partial charge in [-0.3, -0.25) is 4.90 Å². The molecule has 1 unspecified atom stereocenters. The molecule has 2 aliphatic rings. The molecule has 0 aromatic carbocycles. The van der Waals surface area contributed by atoms with Gasteiger partial charge in [0.15, 0.2) is 0 Å². The van der Waals surface area contributed by atoms with Gasteiger partial charge in [0, 0.05) is 32.0 Å². The highest BCUT2D eigenvalue weighted by molar-refractivity contribution is 4.96. The van der Waals surface area contributed by atoms with E-state index in [0.29, 0.717) is 5.92 Å². The number of aromatic nitrogens is 2. The first kappa shape index (κ1) is 11.2. The van der Waals surface area contributed by atoms with E-state index in [4.69, 9.17) is 0 Å². The summed E-state index contributed by atoms with van der Waals surface area (Å²) in [6.45, 7) is 3.74. The molecule has 2 heterocycles. The first-order valence-electron chi connectivity index (χ1n) is 6.73. The van der Waals surface area contributed by atoms with E-state index in [2.05, 4.69) is 14.5 Å². The third-order valence-electron chi connectivity index (χ3n) is 4.21. The Bertz CT molecular complexity index is 370. The van der Waals surface area contributed by atoms with Crippen molar-refractivity contribution in [2.24, 2.45) is 5.92 Å². The number of aliphatic hydroxyl groups is 1. The molecule has 1 aromatic heterocycles. The quantitative estimate of drug-likeness (QED) is 0.857. The maximum atomic E-state index is 10.2. The first-order chi connectivity index (χ1) is 8.33. The van der Waals surface area contributed by atoms with Crippen LogP contribution in [0.15, 0.2) is 12.4 Å². The van der Waals surface area contributed by atoms with Crippen molar-refractivity contribution in [1.29, 1.82) is 0 Å². The highest BCUT2D eigenvalue weighted by atomic mass is 16.3. The smallest absolute Gasteiger partial charge is 0.122 e. The molecule has 17 heavy (non-hydrogen) atoms. The summed E-state index contributed by atoms with van der Waals surface area (Å²) in [6, 6.07) is 0. The minimum absolute atomic E-state index is 0.140. The highest BCUT2D eigenvalue weighted by Crippen LogP contribution is 2.28. The van der Waals surface area contributed by atoms with E-state index in [1.54, 1.807) is 0 Å². The summed E-state index contributed by atoms with van der Waals surface area (Å²) in [7, 11) is 0.